The molecule has 0 saturated carbocycles. The van der Waals surface area contributed by atoms with Gasteiger partial charge in [-0.25, -0.2) is 0 Å². The summed E-state index contributed by atoms with van der Waals surface area (Å²) in [4.78, 5) is 16.4. The number of H-pyrrole nitrogens is 1. The molecular formula is C14H13N3O. The molecule has 2 aromatic rings. The van der Waals surface area contributed by atoms with Crippen LogP contribution in [0.2, 0.25) is 0 Å². The van der Waals surface area contributed by atoms with E-state index in [-0.39, 0.29) is 11.1 Å². The molecule has 0 fully saturated rings. The fraction of sp³-hybridized carbons (Fsp3) is 0.143. The maximum Gasteiger partial charge on any atom is 0.266 e. The molecule has 0 radical (unpaired) electrons. The number of hydrogen-bond acceptors (Lipinski definition) is 3. The predicted molar refractivity (Wildman–Crippen MR) is 72.0 cm³/mol. The molecule has 1 aromatic heterocycles. The lowest BCUT2D eigenvalue weighted by Gasteiger charge is -2.07. The Bertz CT molecular complexity index is 705. The van der Waals surface area contributed by atoms with Crippen LogP contribution >= 0.6 is 0 Å². The molecule has 0 amide bonds. The first-order chi connectivity index (χ1) is 8.63. The highest BCUT2D eigenvalue weighted by Crippen LogP contribution is 2.19. The van der Waals surface area contributed by atoms with Gasteiger partial charge in [-0.3, -0.25) is 4.79 Å². The minimum absolute atomic E-state index is 0.145. The number of para-hydroxylation sites is 1. The third kappa shape index (κ3) is 2.11. The van der Waals surface area contributed by atoms with Gasteiger partial charge < -0.3 is 9.88 Å². The van der Waals surface area contributed by atoms with E-state index in [0.717, 1.165) is 10.9 Å². The van der Waals surface area contributed by atoms with Crippen LogP contribution in [0.4, 0.5) is 0 Å². The van der Waals surface area contributed by atoms with Gasteiger partial charge in [0.15, 0.2) is 0 Å². The summed E-state index contributed by atoms with van der Waals surface area (Å²) in [5.74, 6) is 0. The van der Waals surface area contributed by atoms with Crippen molar-refractivity contribution < 1.29 is 0 Å². The van der Waals surface area contributed by atoms with Crippen molar-refractivity contribution in [1.29, 1.82) is 5.26 Å². The van der Waals surface area contributed by atoms with Crippen LogP contribution in [-0.4, -0.2) is 24.0 Å². The van der Waals surface area contributed by atoms with Crippen LogP contribution in [0.25, 0.3) is 17.0 Å². The Morgan fingerprint density at radius 3 is 2.72 bits per heavy atom. The van der Waals surface area contributed by atoms with Gasteiger partial charge in [-0.15, -0.1) is 0 Å². The van der Waals surface area contributed by atoms with Gasteiger partial charge in [0.25, 0.3) is 5.56 Å². The lowest BCUT2D eigenvalue weighted by molar-refractivity contribution is 0.567. The number of nitrogens with zero attached hydrogens (tertiary/aromatic N) is 2. The lowest BCUT2D eigenvalue weighted by atomic mass is 10.0. The number of rotatable bonds is 2. The van der Waals surface area contributed by atoms with Crippen molar-refractivity contribution in [2.75, 3.05) is 14.1 Å². The van der Waals surface area contributed by atoms with E-state index < -0.39 is 0 Å². The van der Waals surface area contributed by atoms with E-state index in [0.29, 0.717) is 5.56 Å². The van der Waals surface area contributed by atoms with E-state index in [1.165, 1.54) is 0 Å². The van der Waals surface area contributed by atoms with Gasteiger partial charge in [0.1, 0.15) is 11.6 Å². The topological polar surface area (TPSA) is 59.9 Å². The van der Waals surface area contributed by atoms with Crippen LogP contribution in [0.15, 0.2) is 35.3 Å². The third-order valence-electron chi connectivity index (χ3n) is 2.61. The lowest BCUT2D eigenvalue weighted by Crippen LogP contribution is -2.12. The number of nitrogens with one attached hydrogen (secondary N) is 1. The second kappa shape index (κ2) is 4.76. The highest BCUT2D eigenvalue weighted by Gasteiger charge is 2.09. The van der Waals surface area contributed by atoms with Crippen molar-refractivity contribution in [3.8, 4) is 6.07 Å². The van der Waals surface area contributed by atoms with E-state index in [9.17, 15) is 4.79 Å². The molecule has 4 heteroatoms. The largest absolute Gasteiger partial charge is 0.383 e. The Kier molecular flexibility index (Phi) is 3.16. The molecule has 18 heavy (non-hydrogen) atoms. The molecule has 1 N–H and O–H groups in total. The van der Waals surface area contributed by atoms with Gasteiger partial charge in [0.05, 0.1) is 0 Å². The molecule has 0 aliphatic heterocycles. The fourth-order valence-corrected chi connectivity index (χ4v) is 1.78. The summed E-state index contributed by atoms with van der Waals surface area (Å²) in [5.41, 5.74) is 1.19. The smallest absolute Gasteiger partial charge is 0.266 e. The molecule has 0 spiro atoms. The highest BCUT2D eigenvalue weighted by molar-refractivity contribution is 5.89. The summed E-state index contributed by atoms with van der Waals surface area (Å²) >= 11 is 0. The standard InChI is InChI=1S/C14H13N3O/c1-17(2)8-7-10-11-5-3-4-6-13(11)16-14(18)12(10)9-15/h3-8H,1-2H3,(H,16,18). The van der Waals surface area contributed by atoms with Gasteiger partial charge in [-0.2, -0.15) is 5.26 Å². The average molecular weight is 239 g/mol. The predicted octanol–water partition coefficient (Wildman–Crippen LogP) is 1.93. The summed E-state index contributed by atoms with van der Waals surface area (Å²) in [6.45, 7) is 0. The van der Waals surface area contributed by atoms with Crippen molar-refractivity contribution in [2.24, 2.45) is 0 Å². The maximum absolute atomic E-state index is 11.8. The normalized spacial score (nSPS) is 10.7. The Morgan fingerprint density at radius 1 is 1.33 bits per heavy atom. The quantitative estimate of drug-likeness (QED) is 0.871. The molecule has 0 saturated heterocycles. The van der Waals surface area contributed by atoms with Gasteiger partial charge in [-0.1, -0.05) is 18.2 Å². The molecule has 4 nitrogen and oxygen atoms in total. The van der Waals surface area contributed by atoms with Crippen molar-refractivity contribution in [3.05, 3.63) is 51.9 Å². The first kappa shape index (κ1) is 11.9. The van der Waals surface area contributed by atoms with E-state index >= 15 is 0 Å². The zero-order chi connectivity index (χ0) is 13.1. The van der Waals surface area contributed by atoms with Gasteiger partial charge in [0, 0.05) is 30.6 Å². The van der Waals surface area contributed by atoms with Crippen LogP contribution in [0.5, 0.6) is 0 Å². The van der Waals surface area contributed by atoms with E-state index in [4.69, 9.17) is 5.26 Å². The Balaban J connectivity index is 2.82. The number of benzene rings is 1. The molecule has 1 heterocycles. The second-order valence-corrected chi connectivity index (χ2v) is 4.18. The van der Waals surface area contributed by atoms with Gasteiger partial charge >= 0.3 is 0 Å². The van der Waals surface area contributed by atoms with Crippen LogP contribution in [0, 0.1) is 11.3 Å². The summed E-state index contributed by atoms with van der Waals surface area (Å²) < 4.78 is 0. The average Bonchev–Trinajstić information content (AvgIpc) is 2.35. The molecule has 1 aromatic carbocycles. The molecule has 0 atom stereocenters. The SMILES string of the molecule is CN(C)C=Cc1c(C#N)c(=O)[nH]c2ccccc12. The minimum atomic E-state index is -0.352. The summed E-state index contributed by atoms with van der Waals surface area (Å²) in [6.07, 6.45) is 3.61. The molecular weight excluding hydrogens is 226 g/mol. The second-order valence-electron chi connectivity index (χ2n) is 4.18. The Hall–Kier alpha value is -2.54. The van der Waals surface area contributed by atoms with E-state index in [1.807, 2.05) is 55.5 Å². The number of fused-ring (bicyclic) bond motifs is 1. The number of aromatic amines is 1. The number of hydrogen-bond donors (Lipinski definition) is 1. The van der Waals surface area contributed by atoms with Crippen molar-refractivity contribution in [1.82, 2.24) is 9.88 Å². The number of nitriles is 1. The fourth-order valence-electron chi connectivity index (χ4n) is 1.78. The molecule has 2 rings (SSSR count). The van der Waals surface area contributed by atoms with E-state index in [2.05, 4.69) is 4.98 Å². The zero-order valence-electron chi connectivity index (χ0n) is 10.3. The first-order valence-electron chi connectivity index (χ1n) is 5.53. The van der Waals surface area contributed by atoms with Crippen LogP contribution in [0.1, 0.15) is 11.1 Å². The van der Waals surface area contributed by atoms with Crippen LogP contribution < -0.4 is 5.56 Å². The van der Waals surface area contributed by atoms with Crippen molar-refractivity contribution in [3.63, 3.8) is 0 Å². The van der Waals surface area contributed by atoms with E-state index in [1.54, 1.807) is 6.08 Å². The molecule has 0 aliphatic carbocycles. The summed E-state index contributed by atoms with van der Waals surface area (Å²) in [5, 5.41) is 9.97. The molecule has 0 bridgehead atoms. The summed E-state index contributed by atoms with van der Waals surface area (Å²) in [7, 11) is 3.77. The first-order valence-corrected chi connectivity index (χ1v) is 5.53. The minimum Gasteiger partial charge on any atom is -0.383 e. The zero-order valence-corrected chi connectivity index (χ0v) is 10.3. The molecule has 0 aliphatic rings. The number of aromatic nitrogens is 1. The third-order valence-corrected chi connectivity index (χ3v) is 2.61. The maximum atomic E-state index is 11.8. The Labute approximate surface area is 105 Å². The Morgan fingerprint density at radius 2 is 2.06 bits per heavy atom. The summed E-state index contributed by atoms with van der Waals surface area (Å²) in [6, 6.07) is 9.42. The molecule has 0 unspecified atom stereocenters. The monoisotopic (exact) mass is 239 g/mol. The van der Waals surface area contributed by atoms with Gasteiger partial charge in [-0.05, 0) is 18.3 Å². The highest BCUT2D eigenvalue weighted by atomic mass is 16.1. The van der Waals surface area contributed by atoms with Crippen molar-refractivity contribution >= 4 is 17.0 Å². The van der Waals surface area contributed by atoms with Gasteiger partial charge in [0.2, 0.25) is 0 Å². The van der Waals surface area contributed by atoms with Crippen LogP contribution in [-0.2, 0) is 0 Å². The van der Waals surface area contributed by atoms with Crippen LogP contribution in [0.3, 0.4) is 0 Å². The number of pyridine rings is 1. The molecule has 90 valence electrons. The van der Waals surface area contributed by atoms with Crippen molar-refractivity contribution in [2.45, 2.75) is 0 Å².